The molecule has 1 heterocycles. The lowest BCUT2D eigenvalue weighted by molar-refractivity contribution is -0.384. The normalized spacial score (nSPS) is 11.5. The highest BCUT2D eigenvalue weighted by atomic mass is 32.2. The molecule has 0 amide bonds. The number of non-ortho nitro benzene ring substituents is 1. The van der Waals surface area contributed by atoms with Gasteiger partial charge in [-0.2, -0.15) is 0 Å². The lowest BCUT2D eigenvalue weighted by Crippen LogP contribution is -2.12. The van der Waals surface area contributed by atoms with Crippen molar-refractivity contribution in [3.8, 4) is 0 Å². The summed E-state index contributed by atoms with van der Waals surface area (Å²) in [5, 5.41) is 10.6. The van der Waals surface area contributed by atoms with E-state index in [4.69, 9.17) is 4.42 Å². The van der Waals surface area contributed by atoms with Gasteiger partial charge in [-0.15, -0.1) is 0 Å². The van der Waals surface area contributed by atoms with Crippen molar-refractivity contribution in [3.63, 3.8) is 0 Å². The molecule has 112 valence electrons. The Morgan fingerprint density at radius 1 is 1.14 bits per heavy atom. The van der Waals surface area contributed by atoms with Crippen molar-refractivity contribution >= 4 is 32.5 Å². The number of nitrogens with one attached hydrogen (secondary N) is 1. The number of benzene rings is 2. The van der Waals surface area contributed by atoms with Crippen LogP contribution in [-0.2, 0) is 10.0 Å². The second-order valence-corrected chi connectivity index (χ2v) is 6.07. The molecule has 0 aliphatic heterocycles. The third-order valence-corrected chi connectivity index (χ3v) is 4.34. The van der Waals surface area contributed by atoms with Gasteiger partial charge in [0.1, 0.15) is 5.52 Å². The van der Waals surface area contributed by atoms with E-state index in [0.717, 1.165) is 12.1 Å². The molecule has 8 nitrogen and oxygen atoms in total. The fourth-order valence-electron chi connectivity index (χ4n) is 1.88. The number of aromatic nitrogens is 1. The van der Waals surface area contributed by atoms with Crippen molar-refractivity contribution < 1.29 is 17.8 Å². The Morgan fingerprint density at radius 3 is 2.55 bits per heavy atom. The van der Waals surface area contributed by atoms with Gasteiger partial charge >= 0.3 is 0 Å². The molecule has 0 unspecified atom stereocenters. The third-order valence-electron chi connectivity index (χ3n) is 2.94. The number of anilines is 1. The van der Waals surface area contributed by atoms with Gasteiger partial charge in [-0.05, 0) is 30.3 Å². The van der Waals surface area contributed by atoms with Crippen LogP contribution in [0.1, 0.15) is 0 Å². The summed E-state index contributed by atoms with van der Waals surface area (Å²) in [5.74, 6) is 0. The Bertz CT molecular complexity index is 947. The monoisotopic (exact) mass is 319 g/mol. The standard InChI is InChI=1S/C13H9N3O5S/c17-16(18)10-2-4-11(5-3-10)22(19,20)15-9-1-6-13-12(7-9)14-8-21-13/h1-8,15H. The Balaban J connectivity index is 1.90. The van der Waals surface area contributed by atoms with E-state index in [1.165, 1.54) is 30.7 Å². The summed E-state index contributed by atoms with van der Waals surface area (Å²) in [6.45, 7) is 0. The zero-order chi connectivity index (χ0) is 15.7. The molecule has 9 heteroatoms. The van der Waals surface area contributed by atoms with Gasteiger partial charge in [0, 0.05) is 12.1 Å². The molecule has 0 spiro atoms. The van der Waals surface area contributed by atoms with Crippen molar-refractivity contribution in [1.29, 1.82) is 0 Å². The minimum absolute atomic E-state index is 0.0710. The Hall–Kier alpha value is -2.94. The molecule has 0 radical (unpaired) electrons. The molecule has 0 saturated heterocycles. The van der Waals surface area contributed by atoms with Gasteiger partial charge in [0.05, 0.1) is 15.5 Å². The number of nitro groups is 1. The fraction of sp³-hybridized carbons (Fsp3) is 0. The fourth-order valence-corrected chi connectivity index (χ4v) is 2.93. The predicted octanol–water partition coefficient (Wildman–Crippen LogP) is 2.54. The SMILES string of the molecule is O=[N+]([O-])c1ccc(S(=O)(=O)Nc2ccc3ocnc3c2)cc1. The van der Waals surface area contributed by atoms with E-state index in [0.29, 0.717) is 16.8 Å². The molecular weight excluding hydrogens is 310 g/mol. The molecule has 0 atom stereocenters. The van der Waals surface area contributed by atoms with Gasteiger partial charge in [-0.3, -0.25) is 14.8 Å². The van der Waals surface area contributed by atoms with E-state index in [1.54, 1.807) is 6.07 Å². The lowest BCUT2D eigenvalue weighted by atomic mass is 10.3. The first-order valence-corrected chi connectivity index (χ1v) is 7.54. The van der Waals surface area contributed by atoms with E-state index in [2.05, 4.69) is 9.71 Å². The number of hydrogen-bond donors (Lipinski definition) is 1. The first-order chi connectivity index (χ1) is 10.5. The van der Waals surface area contributed by atoms with E-state index < -0.39 is 14.9 Å². The quantitative estimate of drug-likeness (QED) is 0.583. The van der Waals surface area contributed by atoms with Gasteiger partial charge in [0.25, 0.3) is 15.7 Å². The van der Waals surface area contributed by atoms with Gasteiger partial charge in [0.2, 0.25) is 0 Å². The molecule has 3 aromatic rings. The van der Waals surface area contributed by atoms with Crippen LogP contribution < -0.4 is 4.72 Å². The molecule has 0 bridgehead atoms. The van der Waals surface area contributed by atoms with Crippen molar-refractivity contribution in [1.82, 2.24) is 4.98 Å². The van der Waals surface area contributed by atoms with Crippen LogP contribution in [0.4, 0.5) is 11.4 Å². The van der Waals surface area contributed by atoms with Crippen LogP contribution in [0, 0.1) is 10.1 Å². The maximum Gasteiger partial charge on any atom is 0.269 e. The zero-order valence-corrected chi connectivity index (χ0v) is 11.8. The van der Waals surface area contributed by atoms with E-state index in [9.17, 15) is 18.5 Å². The average Bonchev–Trinajstić information content (AvgIpc) is 2.94. The molecule has 1 aromatic heterocycles. The summed E-state index contributed by atoms with van der Waals surface area (Å²) in [6.07, 6.45) is 1.26. The Kier molecular flexibility index (Phi) is 3.26. The van der Waals surface area contributed by atoms with Crippen LogP contribution in [0.5, 0.6) is 0 Å². The number of nitrogens with zero attached hydrogens (tertiary/aromatic N) is 2. The Morgan fingerprint density at radius 2 is 1.86 bits per heavy atom. The Labute approximate surface area is 124 Å². The summed E-state index contributed by atoms with van der Waals surface area (Å²) in [6, 6.07) is 9.28. The van der Waals surface area contributed by atoms with Gasteiger partial charge < -0.3 is 4.42 Å². The van der Waals surface area contributed by atoms with Gasteiger partial charge in [-0.1, -0.05) is 0 Å². The molecule has 0 aliphatic carbocycles. The van der Waals surface area contributed by atoms with Crippen LogP contribution in [0.15, 0.2) is 58.2 Å². The molecular formula is C13H9N3O5S. The predicted molar refractivity (Wildman–Crippen MR) is 77.9 cm³/mol. The van der Waals surface area contributed by atoms with Crippen LogP contribution >= 0.6 is 0 Å². The molecule has 2 aromatic carbocycles. The average molecular weight is 319 g/mol. The molecule has 3 rings (SSSR count). The van der Waals surface area contributed by atoms with Crippen molar-refractivity contribution in [3.05, 3.63) is 59.0 Å². The summed E-state index contributed by atoms with van der Waals surface area (Å²) in [7, 11) is -3.84. The van der Waals surface area contributed by atoms with Crippen molar-refractivity contribution in [2.45, 2.75) is 4.90 Å². The molecule has 0 fully saturated rings. The third kappa shape index (κ3) is 2.61. The lowest BCUT2D eigenvalue weighted by Gasteiger charge is -2.07. The van der Waals surface area contributed by atoms with Gasteiger partial charge in [0.15, 0.2) is 12.0 Å². The van der Waals surface area contributed by atoms with Crippen molar-refractivity contribution in [2.75, 3.05) is 4.72 Å². The molecule has 1 N–H and O–H groups in total. The van der Waals surface area contributed by atoms with Gasteiger partial charge in [-0.25, -0.2) is 13.4 Å². The number of hydrogen-bond acceptors (Lipinski definition) is 6. The van der Waals surface area contributed by atoms with Crippen LogP contribution in [0.2, 0.25) is 0 Å². The number of sulfonamides is 1. The first-order valence-electron chi connectivity index (χ1n) is 6.06. The summed E-state index contributed by atoms with van der Waals surface area (Å²) in [4.78, 5) is 13.8. The van der Waals surface area contributed by atoms with Crippen molar-refractivity contribution in [2.24, 2.45) is 0 Å². The maximum absolute atomic E-state index is 12.2. The van der Waals surface area contributed by atoms with Crippen LogP contribution in [0.25, 0.3) is 11.1 Å². The largest absolute Gasteiger partial charge is 0.443 e. The maximum atomic E-state index is 12.2. The summed E-state index contributed by atoms with van der Waals surface area (Å²) >= 11 is 0. The number of fused-ring (bicyclic) bond motifs is 1. The highest BCUT2D eigenvalue weighted by Crippen LogP contribution is 2.22. The second-order valence-electron chi connectivity index (χ2n) is 4.39. The van der Waals surface area contributed by atoms with Crippen LogP contribution in [0.3, 0.4) is 0 Å². The van der Waals surface area contributed by atoms with E-state index >= 15 is 0 Å². The number of rotatable bonds is 4. The first kappa shape index (κ1) is 14.0. The molecule has 22 heavy (non-hydrogen) atoms. The van der Waals surface area contributed by atoms with Crippen LogP contribution in [-0.4, -0.2) is 18.3 Å². The zero-order valence-electron chi connectivity index (χ0n) is 11.0. The summed E-state index contributed by atoms with van der Waals surface area (Å²) in [5.41, 5.74) is 1.20. The smallest absolute Gasteiger partial charge is 0.269 e. The molecule has 0 saturated carbocycles. The summed E-state index contributed by atoms with van der Waals surface area (Å²) < 4.78 is 31.9. The second kappa shape index (κ2) is 5.11. The highest BCUT2D eigenvalue weighted by molar-refractivity contribution is 7.92. The van der Waals surface area contributed by atoms with E-state index in [1.807, 2.05) is 0 Å². The number of oxazole rings is 1. The minimum Gasteiger partial charge on any atom is -0.443 e. The minimum atomic E-state index is -3.84. The highest BCUT2D eigenvalue weighted by Gasteiger charge is 2.16. The van der Waals surface area contributed by atoms with E-state index in [-0.39, 0.29) is 10.6 Å². The molecule has 0 aliphatic rings. The topological polar surface area (TPSA) is 115 Å². The number of nitro benzene ring substituents is 1.